The SMILES string of the molecule is CCCCCCCCCCCCCCCCCC=C(F)C(=O)O. The van der Waals surface area contributed by atoms with E-state index in [-0.39, 0.29) is 0 Å². The number of allylic oxidation sites excluding steroid dienone is 1. The van der Waals surface area contributed by atoms with Gasteiger partial charge in [-0.3, -0.25) is 0 Å². The van der Waals surface area contributed by atoms with E-state index in [0.29, 0.717) is 6.42 Å². The number of hydrogen-bond acceptors (Lipinski definition) is 1. The van der Waals surface area contributed by atoms with Crippen molar-refractivity contribution in [3.8, 4) is 0 Å². The van der Waals surface area contributed by atoms with Crippen molar-refractivity contribution in [2.24, 2.45) is 0 Å². The third-order valence-electron chi connectivity index (χ3n) is 4.34. The van der Waals surface area contributed by atoms with Crippen LogP contribution in [0.15, 0.2) is 11.9 Å². The molecule has 136 valence electrons. The number of aliphatic carboxylic acids is 1. The zero-order chi connectivity index (χ0) is 17.2. The molecule has 0 saturated carbocycles. The van der Waals surface area contributed by atoms with E-state index in [4.69, 9.17) is 5.11 Å². The maximum Gasteiger partial charge on any atom is 0.364 e. The number of carboxylic acid groups (broad SMARTS) is 1. The summed E-state index contributed by atoms with van der Waals surface area (Å²) in [5.41, 5.74) is 0. The molecule has 3 heteroatoms. The quantitative estimate of drug-likeness (QED) is 0.227. The van der Waals surface area contributed by atoms with Crippen LogP contribution >= 0.6 is 0 Å². The smallest absolute Gasteiger partial charge is 0.364 e. The van der Waals surface area contributed by atoms with Crippen LogP contribution in [-0.2, 0) is 4.79 Å². The number of carboxylic acids is 1. The van der Waals surface area contributed by atoms with E-state index in [1.807, 2.05) is 0 Å². The molecule has 0 amide bonds. The summed E-state index contributed by atoms with van der Waals surface area (Å²) in [4.78, 5) is 10.2. The Labute approximate surface area is 142 Å². The molecule has 0 spiro atoms. The second-order valence-electron chi connectivity index (χ2n) is 6.60. The Morgan fingerprint density at radius 3 is 1.43 bits per heavy atom. The van der Waals surface area contributed by atoms with Crippen LogP contribution in [0.2, 0.25) is 0 Å². The first-order valence-corrected chi connectivity index (χ1v) is 9.77. The zero-order valence-electron chi connectivity index (χ0n) is 15.1. The van der Waals surface area contributed by atoms with Gasteiger partial charge in [-0.25, -0.2) is 4.79 Å². The average Bonchev–Trinajstić information content (AvgIpc) is 2.54. The van der Waals surface area contributed by atoms with Gasteiger partial charge in [-0.15, -0.1) is 0 Å². The highest BCUT2D eigenvalue weighted by atomic mass is 19.1. The maximum atomic E-state index is 12.7. The first-order chi connectivity index (χ1) is 11.2. The standard InChI is InChI=1S/C20H37FO2/c1-2-3-4-5-6-7-8-9-10-11-12-13-14-15-16-17-18-19(21)20(22)23/h18H,2-17H2,1H3,(H,22,23). The van der Waals surface area contributed by atoms with Crippen molar-refractivity contribution in [2.45, 2.75) is 110 Å². The Hall–Kier alpha value is -0.860. The van der Waals surface area contributed by atoms with Gasteiger partial charge in [-0.2, -0.15) is 4.39 Å². The van der Waals surface area contributed by atoms with E-state index in [1.165, 1.54) is 89.5 Å². The minimum Gasteiger partial charge on any atom is -0.476 e. The summed E-state index contributed by atoms with van der Waals surface area (Å²) in [7, 11) is 0. The van der Waals surface area contributed by atoms with Gasteiger partial charge in [-0.05, 0) is 18.9 Å². The second kappa shape index (κ2) is 17.5. The molecule has 0 aliphatic heterocycles. The molecule has 23 heavy (non-hydrogen) atoms. The van der Waals surface area contributed by atoms with Crippen LogP contribution < -0.4 is 0 Å². The van der Waals surface area contributed by atoms with E-state index in [0.717, 1.165) is 12.8 Å². The molecule has 1 N–H and O–H groups in total. The van der Waals surface area contributed by atoms with E-state index in [9.17, 15) is 9.18 Å². The van der Waals surface area contributed by atoms with Crippen molar-refractivity contribution < 1.29 is 14.3 Å². The molecule has 0 aliphatic carbocycles. The van der Waals surface area contributed by atoms with Crippen LogP contribution in [0.25, 0.3) is 0 Å². The number of halogens is 1. The molecule has 2 nitrogen and oxygen atoms in total. The first-order valence-electron chi connectivity index (χ1n) is 9.77. The lowest BCUT2D eigenvalue weighted by molar-refractivity contribution is -0.134. The Bertz CT molecular complexity index is 300. The van der Waals surface area contributed by atoms with Crippen molar-refractivity contribution in [3.63, 3.8) is 0 Å². The molecule has 0 aromatic rings. The molecule has 0 rings (SSSR count). The average molecular weight is 329 g/mol. The molecular weight excluding hydrogens is 291 g/mol. The predicted octanol–water partition coefficient (Wildman–Crippen LogP) is 7.19. The van der Waals surface area contributed by atoms with Crippen molar-refractivity contribution in [2.75, 3.05) is 0 Å². The molecule has 0 atom stereocenters. The van der Waals surface area contributed by atoms with Crippen LogP contribution in [0.5, 0.6) is 0 Å². The zero-order valence-corrected chi connectivity index (χ0v) is 15.1. The summed E-state index contributed by atoms with van der Waals surface area (Å²) in [6.45, 7) is 2.26. The van der Waals surface area contributed by atoms with Crippen molar-refractivity contribution in [3.05, 3.63) is 11.9 Å². The number of carbonyl (C=O) groups is 1. The molecule has 0 radical (unpaired) electrons. The van der Waals surface area contributed by atoms with E-state index >= 15 is 0 Å². The lowest BCUT2D eigenvalue weighted by Crippen LogP contribution is -1.94. The van der Waals surface area contributed by atoms with Crippen molar-refractivity contribution in [1.82, 2.24) is 0 Å². The molecule has 0 aromatic carbocycles. The van der Waals surface area contributed by atoms with Crippen LogP contribution in [-0.4, -0.2) is 11.1 Å². The van der Waals surface area contributed by atoms with Crippen LogP contribution in [0, 0.1) is 0 Å². The summed E-state index contributed by atoms with van der Waals surface area (Å²) < 4.78 is 12.7. The minimum absolute atomic E-state index is 0.538. The Morgan fingerprint density at radius 2 is 1.09 bits per heavy atom. The van der Waals surface area contributed by atoms with Gasteiger partial charge in [0.25, 0.3) is 0 Å². The van der Waals surface area contributed by atoms with Crippen LogP contribution in [0.1, 0.15) is 110 Å². The summed E-state index contributed by atoms with van der Waals surface area (Å²) in [6.07, 6.45) is 21.3. The topological polar surface area (TPSA) is 37.3 Å². The fraction of sp³-hybridized carbons (Fsp3) is 0.850. The Kier molecular flexibility index (Phi) is 16.8. The molecule has 0 fully saturated rings. The minimum atomic E-state index is -1.45. The van der Waals surface area contributed by atoms with Crippen LogP contribution in [0.3, 0.4) is 0 Å². The summed E-state index contributed by atoms with van der Waals surface area (Å²) in [5, 5.41) is 8.36. The van der Waals surface area contributed by atoms with Gasteiger partial charge < -0.3 is 5.11 Å². The molecule has 0 aliphatic rings. The summed E-state index contributed by atoms with van der Waals surface area (Å²) >= 11 is 0. The molecule has 0 unspecified atom stereocenters. The summed E-state index contributed by atoms with van der Waals surface area (Å²) in [5.74, 6) is -2.47. The number of rotatable bonds is 17. The van der Waals surface area contributed by atoms with Gasteiger partial charge in [0.15, 0.2) is 0 Å². The van der Waals surface area contributed by atoms with Crippen molar-refractivity contribution >= 4 is 5.97 Å². The third-order valence-corrected chi connectivity index (χ3v) is 4.34. The fourth-order valence-corrected chi connectivity index (χ4v) is 2.83. The molecule has 0 bridgehead atoms. The Morgan fingerprint density at radius 1 is 0.739 bits per heavy atom. The Balaban J connectivity index is 3.11. The van der Waals surface area contributed by atoms with E-state index in [1.54, 1.807) is 0 Å². The van der Waals surface area contributed by atoms with Crippen molar-refractivity contribution in [1.29, 1.82) is 0 Å². The molecule has 0 saturated heterocycles. The number of hydrogen-bond donors (Lipinski definition) is 1. The van der Waals surface area contributed by atoms with Gasteiger partial charge in [0.05, 0.1) is 0 Å². The van der Waals surface area contributed by atoms with E-state index in [2.05, 4.69) is 6.92 Å². The number of unbranched alkanes of at least 4 members (excludes halogenated alkanes) is 15. The van der Waals surface area contributed by atoms with Crippen LogP contribution in [0.4, 0.5) is 4.39 Å². The largest absolute Gasteiger partial charge is 0.476 e. The van der Waals surface area contributed by atoms with E-state index < -0.39 is 11.8 Å². The van der Waals surface area contributed by atoms with Gasteiger partial charge in [-0.1, -0.05) is 96.8 Å². The highest BCUT2D eigenvalue weighted by molar-refractivity contribution is 5.83. The highest BCUT2D eigenvalue weighted by Crippen LogP contribution is 2.14. The van der Waals surface area contributed by atoms with Gasteiger partial charge in [0, 0.05) is 0 Å². The molecule has 0 heterocycles. The third kappa shape index (κ3) is 17.3. The fourth-order valence-electron chi connectivity index (χ4n) is 2.83. The lowest BCUT2D eigenvalue weighted by atomic mass is 10.0. The molecule has 0 aromatic heterocycles. The second-order valence-corrected chi connectivity index (χ2v) is 6.60. The van der Waals surface area contributed by atoms with Gasteiger partial charge in [0.1, 0.15) is 0 Å². The maximum absolute atomic E-state index is 12.7. The predicted molar refractivity (Wildman–Crippen MR) is 96.4 cm³/mol. The highest BCUT2D eigenvalue weighted by Gasteiger charge is 2.02. The monoisotopic (exact) mass is 328 g/mol. The molecular formula is C20H37FO2. The summed E-state index contributed by atoms with van der Waals surface area (Å²) in [6, 6.07) is 0. The lowest BCUT2D eigenvalue weighted by Gasteiger charge is -2.03. The normalized spacial score (nSPS) is 11.8. The first kappa shape index (κ1) is 22.1. The van der Waals surface area contributed by atoms with Gasteiger partial charge >= 0.3 is 5.97 Å². The van der Waals surface area contributed by atoms with Gasteiger partial charge in [0.2, 0.25) is 5.83 Å².